The average Bonchev–Trinajstić information content (AvgIpc) is 3.06. The molecule has 0 bridgehead atoms. The summed E-state index contributed by atoms with van der Waals surface area (Å²) in [6.45, 7) is 7.04. The number of hydrogen-bond acceptors (Lipinski definition) is 6. The topological polar surface area (TPSA) is 91.9 Å². The van der Waals surface area contributed by atoms with E-state index in [9.17, 15) is 4.79 Å². The molecule has 2 aliphatic rings. The molecule has 1 saturated heterocycles. The van der Waals surface area contributed by atoms with Crippen LogP contribution >= 0.6 is 0 Å². The minimum Gasteiger partial charge on any atom is -0.486 e. The van der Waals surface area contributed by atoms with Gasteiger partial charge in [0.15, 0.2) is 11.5 Å². The summed E-state index contributed by atoms with van der Waals surface area (Å²) in [4.78, 5) is 11.2. The molecule has 3 rings (SSSR count). The van der Waals surface area contributed by atoms with Crippen molar-refractivity contribution in [3.8, 4) is 11.5 Å². The van der Waals surface area contributed by atoms with Crippen LogP contribution in [0.4, 0.5) is 0 Å². The van der Waals surface area contributed by atoms with Gasteiger partial charge in [-0.05, 0) is 44.5 Å². The summed E-state index contributed by atoms with van der Waals surface area (Å²) < 4.78 is 11.3. The van der Waals surface area contributed by atoms with Crippen molar-refractivity contribution in [1.29, 1.82) is 0 Å². The number of fused-ring (bicyclic) bond motifs is 1. The van der Waals surface area contributed by atoms with Gasteiger partial charge in [-0.3, -0.25) is 10.2 Å². The number of nitrogens with one attached hydrogen (secondary N) is 3. The molecule has 1 aromatic rings. The van der Waals surface area contributed by atoms with E-state index in [0.29, 0.717) is 32.1 Å². The lowest BCUT2D eigenvalue weighted by molar-refractivity contribution is -0.147. The quantitative estimate of drug-likeness (QED) is 0.552. The molecule has 1 aromatic carbocycles. The Labute approximate surface area is 148 Å². The van der Waals surface area contributed by atoms with Crippen LogP contribution in [0.25, 0.3) is 0 Å². The maximum Gasteiger partial charge on any atom is 0.309 e. The summed E-state index contributed by atoms with van der Waals surface area (Å²) in [6, 6.07) is 6.25. The van der Waals surface area contributed by atoms with Gasteiger partial charge in [0.05, 0.1) is 11.5 Å². The Bertz CT molecular complexity index is 620. The number of benzene rings is 1. The van der Waals surface area contributed by atoms with Gasteiger partial charge in [-0.2, -0.15) is 0 Å². The van der Waals surface area contributed by atoms with Gasteiger partial charge in [0.2, 0.25) is 0 Å². The molecule has 2 atom stereocenters. The first-order valence-corrected chi connectivity index (χ1v) is 8.79. The van der Waals surface area contributed by atoms with Gasteiger partial charge >= 0.3 is 5.97 Å². The third-order valence-electron chi connectivity index (χ3n) is 4.93. The highest BCUT2D eigenvalue weighted by Crippen LogP contribution is 2.35. The number of rotatable bonds is 7. The molecule has 4 N–H and O–H groups in total. The summed E-state index contributed by atoms with van der Waals surface area (Å²) >= 11 is 0. The first-order chi connectivity index (χ1) is 12.0. The van der Waals surface area contributed by atoms with Gasteiger partial charge in [-0.25, -0.2) is 5.43 Å². The minimum atomic E-state index is -0.757. The molecule has 2 unspecified atom stereocenters. The lowest BCUT2D eigenvalue weighted by Crippen LogP contribution is -2.33. The Hall–Kier alpha value is -1.83. The van der Waals surface area contributed by atoms with Gasteiger partial charge in [0.1, 0.15) is 13.2 Å². The van der Waals surface area contributed by atoms with Crippen LogP contribution in [0.2, 0.25) is 0 Å². The van der Waals surface area contributed by atoms with E-state index in [1.807, 2.05) is 12.1 Å². The van der Waals surface area contributed by atoms with E-state index in [4.69, 9.17) is 14.6 Å². The molecule has 0 radical (unpaired) electrons. The largest absolute Gasteiger partial charge is 0.486 e. The van der Waals surface area contributed by atoms with Gasteiger partial charge in [-0.15, -0.1) is 0 Å². The van der Waals surface area contributed by atoms with E-state index in [2.05, 4.69) is 22.2 Å². The SMILES string of the molecule is CC(C)(CCNCC1CNNC1c1ccc2c(c1)OCCO2)C(=O)O. The summed E-state index contributed by atoms with van der Waals surface area (Å²) in [5.41, 5.74) is 7.00. The summed E-state index contributed by atoms with van der Waals surface area (Å²) in [6.07, 6.45) is 0.602. The minimum absolute atomic E-state index is 0.177. The molecule has 1 fully saturated rings. The molecule has 2 aliphatic heterocycles. The number of hydrazine groups is 1. The van der Waals surface area contributed by atoms with Crippen LogP contribution in [-0.4, -0.2) is 43.9 Å². The fourth-order valence-electron chi connectivity index (χ4n) is 3.13. The summed E-state index contributed by atoms with van der Waals surface area (Å²) in [7, 11) is 0. The zero-order valence-electron chi connectivity index (χ0n) is 14.8. The molecule has 7 nitrogen and oxygen atoms in total. The van der Waals surface area contributed by atoms with Crippen LogP contribution in [0.3, 0.4) is 0 Å². The Morgan fingerprint density at radius 1 is 1.32 bits per heavy atom. The highest BCUT2D eigenvalue weighted by Gasteiger charge is 2.30. The van der Waals surface area contributed by atoms with Crippen molar-refractivity contribution in [3.63, 3.8) is 0 Å². The van der Waals surface area contributed by atoms with Crippen molar-refractivity contribution in [1.82, 2.24) is 16.2 Å². The molecule has 2 heterocycles. The second kappa shape index (κ2) is 7.59. The van der Waals surface area contributed by atoms with Crippen molar-refractivity contribution in [3.05, 3.63) is 23.8 Å². The third-order valence-corrected chi connectivity index (χ3v) is 4.93. The molecule has 0 aliphatic carbocycles. The van der Waals surface area contributed by atoms with Gasteiger partial charge < -0.3 is 19.9 Å². The third kappa shape index (κ3) is 4.23. The monoisotopic (exact) mass is 349 g/mol. The highest BCUT2D eigenvalue weighted by atomic mass is 16.6. The molecule has 0 saturated carbocycles. The number of carbonyl (C=O) groups is 1. The highest BCUT2D eigenvalue weighted by molar-refractivity contribution is 5.73. The van der Waals surface area contributed by atoms with Crippen molar-refractivity contribution >= 4 is 5.97 Å². The van der Waals surface area contributed by atoms with Crippen LogP contribution in [0, 0.1) is 11.3 Å². The van der Waals surface area contributed by atoms with E-state index in [1.165, 1.54) is 0 Å². The van der Waals surface area contributed by atoms with Crippen molar-refractivity contribution in [2.24, 2.45) is 11.3 Å². The van der Waals surface area contributed by atoms with Gasteiger partial charge in [-0.1, -0.05) is 6.07 Å². The first kappa shape index (κ1) is 18.0. The van der Waals surface area contributed by atoms with Crippen LogP contribution < -0.4 is 25.6 Å². The number of carboxylic acid groups (broad SMARTS) is 1. The predicted molar refractivity (Wildman–Crippen MR) is 93.7 cm³/mol. The molecule has 7 heteroatoms. The lowest BCUT2D eigenvalue weighted by Gasteiger charge is -2.24. The van der Waals surface area contributed by atoms with Gasteiger partial charge in [0, 0.05) is 19.0 Å². The molecule has 138 valence electrons. The fraction of sp³-hybridized carbons (Fsp3) is 0.611. The van der Waals surface area contributed by atoms with E-state index in [1.54, 1.807) is 13.8 Å². The molecule has 0 aromatic heterocycles. The number of aliphatic carboxylic acids is 1. The van der Waals surface area contributed by atoms with Crippen molar-refractivity contribution in [2.75, 3.05) is 32.8 Å². The zero-order chi connectivity index (χ0) is 17.9. The second-order valence-corrected chi connectivity index (χ2v) is 7.31. The lowest BCUT2D eigenvalue weighted by atomic mass is 9.89. The van der Waals surface area contributed by atoms with Crippen LogP contribution in [0.15, 0.2) is 18.2 Å². The first-order valence-electron chi connectivity index (χ1n) is 8.79. The average molecular weight is 349 g/mol. The normalized spacial score (nSPS) is 22.8. The smallest absolute Gasteiger partial charge is 0.309 e. The summed E-state index contributed by atoms with van der Waals surface area (Å²) in [5.74, 6) is 1.21. The molecular formula is C18H27N3O4. The predicted octanol–water partition coefficient (Wildman–Crippen LogP) is 1.31. The van der Waals surface area contributed by atoms with E-state index in [0.717, 1.165) is 30.2 Å². The fourth-order valence-corrected chi connectivity index (χ4v) is 3.13. The Morgan fingerprint density at radius 2 is 2.08 bits per heavy atom. The van der Waals surface area contributed by atoms with Crippen LogP contribution in [-0.2, 0) is 4.79 Å². The number of hydrogen-bond donors (Lipinski definition) is 4. The standard InChI is InChI=1S/C18H27N3O4/c1-18(2,17(22)23)5-6-19-10-13-11-20-21-16(13)12-3-4-14-15(9-12)25-8-7-24-14/h3-4,9,13,16,19-21H,5-8,10-11H2,1-2H3,(H,22,23). The van der Waals surface area contributed by atoms with Crippen molar-refractivity contribution in [2.45, 2.75) is 26.3 Å². The molecular weight excluding hydrogens is 322 g/mol. The van der Waals surface area contributed by atoms with Gasteiger partial charge in [0.25, 0.3) is 0 Å². The van der Waals surface area contributed by atoms with E-state index < -0.39 is 11.4 Å². The second-order valence-electron chi connectivity index (χ2n) is 7.31. The molecule has 25 heavy (non-hydrogen) atoms. The Kier molecular flexibility index (Phi) is 5.46. The summed E-state index contributed by atoms with van der Waals surface area (Å²) in [5, 5.41) is 12.6. The van der Waals surface area contributed by atoms with Crippen LogP contribution in [0.5, 0.6) is 11.5 Å². The zero-order valence-corrected chi connectivity index (χ0v) is 14.8. The Balaban J connectivity index is 1.55. The maximum atomic E-state index is 11.2. The molecule has 0 amide bonds. The molecule has 0 spiro atoms. The van der Waals surface area contributed by atoms with E-state index in [-0.39, 0.29) is 6.04 Å². The number of carboxylic acids is 1. The number of ether oxygens (including phenoxy) is 2. The van der Waals surface area contributed by atoms with E-state index >= 15 is 0 Å². The Morgan fingerprint density at radius 3 is 2.84 bits per heavy atom. The maximum absolute atomic E-state index is 11.2. The van der Waals surface area contributed by atoms with Crippen LogP contribution in [0.1, 0.15) is 31.9 Å². The van der Waals surface area contributed by atoms with Crippen molar-refractivity contribution < 1.29 is 19.4 Å².